The molecule has 1 heterocycles. The van der Waals surface area contributed by atoms with Gasteiger partial charge in [0.2, 0.25) is 5.91 Å². The minimum atomic E-state index is -0.272. The molecule has 1 aliphatic heterocycles. The van der Waals surface area contributed by atoms with Crippen molar-refractivity contribution in [2.75, 3.05) is 44.0 Å². The second-order valence-corrected chi connectivity index (χ2v) is 7.61. The first-order chi connectivity index (χ1) is 15.5. The van der Waals surface area contributed by atoms with E-state index in [2.05, 4.69) is 10.6 Å². The zero-order valence-corrected chi connectivity index (χ0v) is 18.4. The van der Waals surface area contributed by atoms with Crippen LogP contribution in [0.15, 0.2) is 48.5 Å². The molecule has 0 bridgehead atoms. The molecule has 2 aromatic rings. The molecule has 170 valence electrons. The molecule has 1 atom stereocenters. The number of anilines is 2. The number of nitrogens with one attached hydrogen (secondary N) is 2. The molecule has 2 aromatic carbocycles. The highest BCUT2D eigenvalue weighted by Gasteiger charge is 2.27. The van der Waals surface area contributed by atoms with Crippen molar-refractivity contribution in [1.29, 1.82) is 0 Å². The predicted octanol–water partition coefficient (Wildman–Crippen LogP) is 3.16. The fraction of sp³-hybridized carbons (Fsp3) is 0.375. The number of likely N-dealkylation sites (tertiary alicyclic amines) is 1. The van der Waals surface area contributed by atoms with Crippen molar-refractivity contribution in [3.05, 3.63) is 54.1 Å². The van der Waals surface area contributed by atoms with E-state index in [-0.39, 0.29) is 30.2 Å². The van der Waals surface area contributed by atoms with Crippen molar-refractivity contribution < 1.29 is 23.9 Å². The van der Waals surface area contributed by atoms with Gasteiger partial charge in [0.05, 0.1) is 31.9 Å². The number of nitrogens with zero attached hydrogens (tertiary/aromatic N) is 1. The first kappa shape index (κ1) is 23.3. The van der Waals surface area contributed by atoms with E-state index in [1.165, 1.54) is 0 Å². The molecule has 0 spiro atoms. The van der Waals surface area contributed by atoms with E-state index in [1.54, 1.807) is 50.4 Å². The molecular formula is C24H29N3O5. The molecule has 2 N–H and O–H groups in total. The van der Waals surface area contributed by atoms with Gasteiger partial charge in [-0.2, -0.15) is 0 Å². The molecule has 0 radical (unpaired) electrons. The van der Waals surface area contributed by atoms with Crippen LogP contribution >= 0.6 is 0 Å². The van der Waals surface area contributed by atoms with Gasteiger partial charge >= 0.3 is 5.97 Å². The van der Waals surface area contributed by atoms with Crippen LogP contribution in [0.4, 0.5) is 11.4 Å². The van der Waals surface area contributed by atoms with E-state index in [9.17, 15) is 14.4 Å². The molecular weight excluding hydrogens is 410 g/mol. The standard InChI is InChI=1S/C24H29N3O5/c1-3-32-24(30)18-7-6-14-27(15-18)16-22(28)25-19-12-10-17(11-13-19)23(29)26-20-8-4-5-9-21(20)31-2/h4-5,8-13,18H,3,6-7,14-16H2,1-2H3,(H,25,28)(H,26,29)/t18-/m1/s1. The van der Waals surface area contributed by atoms with Crippen LogP contribution in [0.2, 0.25) is 0 Å². The van der Waals surface area contributed by atoms with Crippen LogP contribution < -0.4 is 15.4 Å². The summed E-state index contributed by atoms with van der Waals surface area (Å²) in [5.41, 5.74) is 1.64. The zero-order valence-electron chi connectivity index (χ0n) is 18.4. The van der Waals surface area contributed by atoms with Gasteiger partial charge in [0.1, 0.15) is 5.75 Å². The number of para-hydroxylation sites is 2. The Morgan fingerprint density at radius 1 is 1.06 bits per heavy atom. The molecule has 1 fully saturated rings. The third-order valence-electron chi connectivity index (χ3n) is 5.28. The number of esters is 1. The normalized spacial score (nSPS) is 16.1. The monoisotopic (exact) mass is 439 g/mol. The average molecular weight is 440 g/mol. The lowest BCUT2D eigenvalue weighted by Crippen LogP contribution is -2.43. The Labute approximate surface area is 187 Å². The molecule has 1 saturated heterocycles. The number of carbonyl (C=O) groups is 3. The largest absolute Gasteiger partial charge is 0.495 e. The number of hydrogen-bond acceptors (Lipinski definition) is 6. The van der Waals surface area contributed by atoms with Crippen molar-refractivity contribution in [1.82, 2.24) is 4.90 Å². The smallest absolute Gasteiger partial charge is 0.310 e. The minimum Gasteiger partial charge on any atom is -0.495 e. The molecule has 8 heteroatoms. The van der Waals surface area contributed by atoms with Gasteiger partial charge in [0.15, 0.2) is 0 Å². The summed E-state index contributed by atoms with van der Waals surface area (Å²) in [5, 5.41) is 5.66. The molecule has 1 aliphatic rings. The van der Waals surface area contributed by atoms with Crippen molar-refractivity contribution in [3.8, 4) is 5.75 Å². The quantitative estimate of drug-likeness (QED) is 0.614. The summed E-state index contributed by atoms with van der Waals surface area (Å²) in [4.78, 5) is 38.9. The van der Waals surface area contributed by atoms with E-state index in [4.69, 9.17) is 9.47 Å². The summed E-state index contributed by atoms with van der Waals surface area (Å²) in [5.74, 6) is -0.240. The van der Waals surface area contributed by atoms with Gasteiger partial charge in [-0.25, -0.2) is 0 Å². The number of ether oxygens (including phenoxy) is 2. The lowest BCUT2D eigenvalue weighted by molar-refractivity contribution is -0.150. The van der Waals surface area contributed by atoms with E-state index < -0.39 is 0 Å². The predicted molar refractivity (Wildman–Crippen MR) is 122 cm³/mol. The third-order valence-corrected chi connectivity index (χ3v) is 5.28. The van der Waals surface area contributed by atoms with Crippen LogP contribution in [0.25, 0.3) is 0 Å². The fourth-order valence-corrected chi connectivity index (χ4v) is 3.70. The van der Waals surface area contributed by atoms with Crippen LogP contribution in [-0.4, -0.2) is 56.0 Å². The fourth-order valence-electron chi connectivity index (χ4n) is 3.70. The summed E-state index contributed by atoms with van der Waals surface area (Å²) in [6, 6.07) is 13.8. The van der Waals surface area contributed by atoms with Gasteiger partial charge in [-0.3, -0.25) is 19.3 Å². The molecule has 3 rings (SSSR count). The molecule has 8 nitrogen and oxygen atoms in total. The second-order valence-electron chi connectivity index (χ2n) is 7.61. The minimum absolute atomic E-state index is 0.166. The molecule has 0 aromatic heterocycles. The number of benzene rings is 2. The van der Waals surface area contributed by atoms with Crippen LogP contribution in [0.3, 0.4) is 0 Å². The summed E-state index contributed by atoms with van der Waals surface area (Å²) < 4.78 is 10.4. The van der Waals surface area contributed by atoms with Crippen LogP contribution in [0.5, 0.6) is 5.75 Å². The maximum absolute atomic E-state index is 12.5. The Balaban J connectivity index is 1.52. The summed E-state index contributed by atoms with van der Waals surface area (Å²) >= 11 is 0. The number of rotatable bonds is 8. The maximum atomic E-state index is 12.5. The van der Waals surface area contributed by atoms with Crippen molar-refractivity contribution in [3.63, 3.8) is 0 Å². The summed E-state index contributed by atoms with van der Waals surface area (Å²) in [6.45, 7) is 3.65. The summed E-state index contributed by atoms with van der Waals surface area (Å²) in [7, 11) is 1.54. The van der Waals surface area contributed by atoms with E-state index in [0.29, 0.717) is 35.8 Å². The van der Waals surface area contributed by atoms with Crippen LogP contribution in [0, 0.1) is 5.92 Å². The first-order valence-electron chi connectivity index (χ1n) is 10.7. The Morgan fingerprint density at radius 2 is 1.81 bits per heavy atom. The first-order valence-corrected chi connectivity index (χ1v) is 10.7. The second kappa shape index (κ2) is 11.3. The van der Waals surface area contributed by atoms with E-state index in [0.717, 1.165) is 19.4 Å². The van der Waals surface area contributed by atoms with Gasteiger partial charge in [-0.1, -0.05) is 12.1 Å². The van der Waals surface area contributed by atoms with Crippen LogP contribution in [-0.2, 0) is 14.3 Å². The number of piperidine rings is 1. The van der Waals surface area contributed by atoms with Gasteiger partial charge in [0, 0.05) is 17.8 Å². The van der Waals surface area contributed by atoms with Gasteiger partial charge in [0.25, 0.3) is 5.91 Å². The Morgan fingerprint density at radius 3 is 2.53 bits per heavy atom. The number of hydrogen-bond donors (Lipinski definition) is 2. The topological polar surface area (TPSA) is 97.0 Å². The number of carbonyl (C=O) groups excluding carboxylic acids is 3. The SMILES string of the molecule is CCOC(=O)[C@@H]1CCCN(CC(=O)Nc2ccc(C(=O)Nc3ccccc3OC)cc2)C1. The zero-order chi connectivity index (χ0) is 22.9. The number of amides is 2. The Hall–Kier alpha value is -3.39. The molecule has 0 unspecified atom stereocenters. The molecule has 32 heavy (non-hydrogen) atoms. The van der Waals surface area contributed by atoms with Gasteiger partial charge in [-0.15, -0.1) is 0 Å². The molecule has 0 saturated carbocycles. The highest BCUT2D eigenvalue weighted by molar-refractivity contribution is 6.05. The molecule has 2 amide bonds. The van der Waals surface area contributed by atoms with Crippen LogP contribution in [0.1, 0.15) is 30.1 Å². The highest BCUT2D eigenvalue weighted by atomic mass is 16.5. The van der Waals surface area contributed by atoms with Crippen molar-refractivity contribution >= 4 is 29.2 Å². The van der Waals surface area contributed by atoms with E-state index >= 15 is 0 Å². The average Bonchev–Trinajstić information content (AvgIpc) is 2.80. The number of methoxy groups -OCH3 is 1. The summed E-state index contributed by atoms with van der Waals surface area (Å²) in [6.07, 6.45) is 1.64. The van der Waals surface area contributed by atoms with Crippen molar-refractivity contribution in [2.45, 2.75) is 19.8 Å². The van der Waals surface area contributed by atoms with Crippen molar-refractivity contribution in [2.24, 2.45) is 5.92 Å². The third kappa shape index (κ3) is 6.31. The van der Waals surface area contributed by atoms with Gasteiger partial charge < -0.3 is 20.1 Å². The molecule has 0 aliphatic carbocycles. The Kier molecular flexibility index (Phi) is 8.21. The lowest BCUT2D eigenvalue weighted by Gasteiger charge is -2.30. The van der Waals surface area contributed by atoms with E-state index in [1.807, 2.05) is 17.0 Å². The maximum Gasteiger partial charge on any atom is 0.310 e. The Bertz CT molecular complexity index is 945. The lowest BCUT2D eigenvalue weighted by atomic mass is 9.98. The van der Waals surface area contributed by atoms with Gasteiger partial charge in [-0.05, 0) is 62.7 Å². The highest BCUT2D eigenvalue weighted by Crippen LogP contribution is 2.24.